The number of ether oxygens (including phenoxy) is 2. The number of rotatable bonds is 8. The number of benzene rings is 2. The van der Waals surface area contributed by atoms with Crippen molar-refractivity contribution in [2.75, 3.05) is 13.7 Å². The second-order valence-corrected chi connectivity index (χ2v) is 6.61. The zero-order chi connectivity index (χ0) is 19.2. The fourth-order valence-corrected chi connectivity index (χ4v) is 3.35. The Labute approximate surface area is 161 Å². The zero-order valence-corrected chi connectivity index (χ0v) is 16.6. The standard InChI is InChI=1S/C23H28N2O2/c1-5-27-23-12-8-21(9-13-23)25-17(2)14-20(18(25)3)16-24-15-19-6-10-22(26-4)11-7-19/h6-14,24H,5,15-16H2,1-4H3. The van der Waals surface area contributed by atoms with Gasteiger partial charge in [0, 0.05) is 30.2 Å². The van der Waals surface area contributed by atoms with Crippen LogP contribution >= 0.6 is 0 Å². The van der Waals surface area contributed by atoms with E-state index >= 15 is 0 Å². The third-order valence-electron chi connectivity index (χ3n) is 4.75. The van der Waals surface area contributed by atoms with E-state index in [1.165, 1.54) is 22.5 Å². The molecule has 4 heteroatoms. The Kier molecular flexibility index (Phi) is 6.20. The van der Waals surface area contributed by atoms with Crippen molar-refractivity contribution in [2.45, 2.75) is 33.9 Å². The first kappa shape index (κ1) is 19.1. The SMILES string of the molecule is CCOc1ccc(-n2c(C)cc(CNCc3ccc(OC)cc3)c2C)cc1. The van der Waals surface area contributed by atoms with Gasteiger partial charge in [0.15, 0.2) is 0 Å². The first-order valence-electron chi connectivity index (χ1n) is 9.37. The number of hydrogen-bond acceptors (Lipinski definition) is 3. The van der Waals surface area contributed by atoms with Gasteiger partial charge in [0.25, 0.3) is 0 Å². The lowest BCUT2D eigenvalue weighted by Gasteiger charge is -2.12. The van der Waals surface area contributed by atoms with Gasteiger partial charge in [-0.2, -0.15) is 0 Å². The van der Waals surface area contributed by atoms with Gasteiger partial charge >= 0.3 is 0 Å². The maximum atomic E-state index is 5.54. The van der Waals surface area contributed by atoms with Crippen molar-refractivity contribution in [3.63, 3.8) is 0 Å². The van der Waals surface area contributed by atoms with E-state index in [0.717, 1.165) is 30.3 Å². The van der Waals surface area contributed by atoms with Crippen molar-refractivity contribution in [2.24, 2.45) is 0 Å². The van der Waals surface area contributed by atoms with Crippen LogP contribution < -0.4 is 14.8 Å². The Morgan fingerprint density at radius 1 is 0.889 bits per heavy atom. The molecule has 4 nitrogen and oxygen atoms in total. The molecule has 27 heavy (non-hydrogen) atoms. The van der Waals surface area contributed by atoms with E-state index in [0.29, 0.717) is 6.61 Å². The van der Waals surface area contributed by atoms with Crippen LogP contribution in [0.3, 0.4) is 0 Å². The summed E-state index contributed by atoms with van der Waals surface area (Å²) < 4.78 is 13.0. The molecule has 3 aromatic rings. The van der Waals surface area contributed by atoms with Crippen molar-refractivity contribution in [3.05, 3.63) is 77.1 Å². The molecule has 1 aromatic heterocycles. The highest BCUT2D eigenvalue weighted by molar-refractivity contribution is 5.43. The molecule has 3 rings (SSSR count). The van der Waals surface area contributed by atoms with Crippen molar-refractivity contribution in [3.8, 4) is 17.2 Å². The van der Waals surface area contributed by atoms with Gasteiger partial charge in [-0.3, -0.25) is 0 Å². The number of hydrogen-bond donors (Lipinski definition) is 1. The molecule has 2 aromatic carbocycles. The largest absolute Gasteiger partial charge is 0.497 e. The Hall–Kier alpha value is -2.72. The summed E-state index contributed by atoms with van der Waals surface area (Å²) in [6.45, 7) is 8.67. The molecule has 0 amide bonds. The molecule has 0 atom stereocenters. The molecule has 0 fully saturated rings. The Bertz CT molecular complexity index is 865. The molecule has 0 aliphatic heterocycles. The first-order chi connectivity index (χ1) is 13.1. The normalized spacial score (nSPS) is 10.8. The molecule has 0 spiro atoms. The van der Waals surface area contributed by atoms with Crippen LogP contribution in [0.4, 0.5) is 0 Å². The van der Waals surface area contributed by atoms with Gasteiger partial charge in [-0.15, -0.1) is 0 Å². The Balaban J connectivity index is 1.67. The Morgan fingerprint density at radius 2 is 1.56 bits per heavy atom. The molecule has 0 saturated heterocycles. The zero-order valence-electron chi connectivity index (χ0n) is 16.6. The van der Waals surface area contributed by atoms with Crippen LogP contribution in [-0.2, 0) is 13.1 Å². The average molecular weight is 364 g/mol. The Morgan fingerprint density at radius 3 is 2.19 bits per heavy atom. The van der Waals surface area contributed by atoms with Crippen LogP contribution in [0.5, 0.6) is 11.5 Å². The number of nitrogens with one attached hydrogen (secondary N) is 1. The molecule has 0 saturated carbocycles. The second-order valence-electron chi connectivity index (χ2n) is 6.61. The van der Waals surface area contributed by atoms with E-state index in [4.69, 9.17) is 9.47 Å². The number of aryl methyl sites for hydroxylation is 1. The quantitative estimate of drug-likeness (QED) is 0.624. The molecule has 1 heterocycles. The van der Waals surface area contributed by atoms with Gasteiger partial charge in [0.1, 0.15) is 11.5 Å². The predicted octanol–water partition coefficient (Wildman–Crippen LogP) is 4.79. The summed E-state index contributed by atoms with van der Waals surface area (Å²) in [4.78, 5) is 0. The highest BCUT2D eigenvalue weighted by atomic mass is 16.5. The van der Waals surface area contributed by atoms with Crippen molar-refractivity contribution in [1.29, 1.82) is 0 Å². The van der Waals surface area contributed by atoms with Crippen LogP contribution in [0.25, 0.3) is 5.69 Å². The molecule has 0 aliphatic rings. The maximum Gasteiger partial charge on any atom is 0.119 e. The number of aromatic nitrogens is 1. The van der Waals surface area contributed by atoms with Gasteiger partial charge in [0.05, 0.1) is 13.7 Å². The highest BCUT2D eigenvalue weighted by Gasteiger charge is 2.10. The monoisotopic (exact) mass is 364 g/mol. The highest BCUT2D eigenvalue weighted by Crippen LogP contribution is 2.23. The summed E-state index contributed by atoms with van der Waals surface area (Å²) in [6.07, 6.45) is 0. The lowest BCUT2D eigenvalue weighted by molar-refractivity contribution is 0.340. The van der Waals surface area contributed by atoms with Crippen LogP contribution in [0.2, 0.25) is 0 Å². The minimum Gasteiger partial charge on any atom is -0.497 e. The second kappa shape index (κ2) is 8.78. The van der Waals surface area contributed by atoms with Gasteiger partial charge in [0.2, 0.25) is 0 Å². The molecule has 0 radical (unpaired) electrons. The topological polar surface area (TPSA) is 35.4 Å². The number of methoxy groups -OCH3 is 1. The van der Waals surface area contributed by atoms with Crippen molar-refractivity contribution < 1.29 is 9.47 Å². The summed E-state index contributed by atoms with van der Waals surface area (Å²) in [7, 11) is 1.69. The lowest BCUT2D eigenvalue weighted by Crippen LogP contribution is -2.13. The van der Waals surface area contributed by atoms with Gasteiger partial charge in [-0.05, 0) is 74.4 Å². The molecule has 0 bridgehead atoms. The fourth-order valence-electron chi connectivity index (χ4n) is 3.35. The lowest BCUT2D eigenvalue weighted by atomic mass is 10.2. The molecular weight excluding hydrogens is 336 g/mol. The minimum atomic E-state index is 0.685. The predicted molar refractivity (Wildman–Crippen MR) is 110 cm³/mol. The van der Waals surface area contributed by atoms with Gasteiger partial charge < -0.3 is 19.4 Å². The van der Waals surface area contributed by atoms with Gasteiger partial charge in [-0.25, -0.2) is 0 Å². The van der Waals surface area contributed by atoms with Crippen LogP contribution in [-0.4, -0.2) is 18.3 Å². The van der Waals surface area contributed by atoms with Crippen LogP contribution in [0.1, 0.15) is 29.4 Å². The maximum absolute atomic E-state index is 5.54. The third-order valence-corrected chi connectivity index (χ3v) is 4.75. The van der Waals surface area contributed by atoms with E-state index < -0.39 is 0 Å². The molecule has 1 N–H and O–H groups in total. The van der Waals surface area contributed by atoms with E-state index in [9.17, 15) is 0 Å². The summed E-state index contributed by atoms with van der Waals surface area (Å²) in [5.74, 6) is 1.79. The average Bonchev–Trinajstić information content (AvgIpc) is 2.97. The first-order valence-corrected chi connectivity index (χ1v) is 9.37. The van der Waals surface area contributed by atoms with Gasteiger partial charge in [-0.1, -0.05) is 12.1 Å². The van der Waals surface area contributed by atoms with E-state index in [1.54, 1.807) is 7.11 Å². The summed E-state index contributed by atoms with van der Waals surface area (Å²) in [6, 6.07) is 18.7. The third kappa shape index (κ3) is 4.52. The van der Waals surface area contributed by atoms with E-state index in [2.05, 4.69) is 54.1 Å². The van der Waals surface area contributed by atoms with E-state index in [1.807, 2.05) is 31.2 Å². The fraction of sp³-hybridized carbons (Fsp3) is 0.304. The van der Waals surface area contributed by atoms with Crippen molar-refractivity contribution >= 4 is 0 Å². The molecule has 0 aliphatic carbocycles. The summed E-state index contributed by atoms with van der Waals surface area (Å²) in [5, 5.41) is 3.54. The van der Waals surface area contributed by atoms with Crippen molar-refractivity contribution in [1.82, 2.24) is 9.88 Å². The smallest absolute Gasteiger partial charge is 0.119 e. The molecule has 142 valence electrons. The number of nitrogens with zero attached hydrogens (tertiary/aromatic N) is 1. The summed E-state index contributed by atoms with van der Waals surface area (Å²) in [5.41, 5.74) is 6.22. The molecule has 0 unspecified atom stereocenters. The minimum absolute atomic E-state index is 0.685. The van der Waals surface area contributed by atoms with Crippen LogP contribution in [0, 0.1) is 13.8 Å². The van der Waals surface area contributed by atoms with Crippen LogP contribution in [0.15, 0.2) is 54.6 Å². The molecular formula is C23H28N2O2. The summed E-state index contributed by atoms with van der Waals surface area (Å²) >= 11 is 0. The van der Waals surface area contributed by atoms with E-state index in [-0.39, 0.29) is 0 Å².